The van der Waals surface area contributed by atoms with E-state index in [0.29, 0.717) is 13.0 Å². The number of carboxylic acids is 1. The lowest BCUT2D eigenvalue weighted by atomic mass is 9.73. The van der Waals surface area contributed by atoms with Crippen LogP contribution in [-0.2, 0) is 9.59 Å². The van der Waals surface area contributed by atoms with Gasteiger partial charge in [-0.1, -0.05) is 13.3 Å². The number of aliphatic carboxylic acids is 1. The minimum absolute atomic E-state index is 0.0367. The smallest absolute Gasteiger partial charge is 0.307 e. The highest BCUT2D eigenvalue weighted by atomic mass is 16.4. The SMILES string of the molecule is CCCCN(CC)C(=O)C1CCC1C(=O)O. The molecule has 1 rings (SSSR count). The maximum atomic E-state index is 12.0. The number of amides is 1. The van der Waals surface area contributed by atoms with Crippen molar-refractivity contribution < 1.29 is 14.7 Å². The summed E-state index contributed by atoms with van der Waals surface area (Å²) in [4.78, 5) is 24.7. The van der Waals surface area contributed by atoms with Crippen LogP contribution in [0.5, 0.6) is 0 Å². The molecule has 2 atom stereocenters. The number of unbranched alkanes of at least 4 members (excludes halogenated alkanes) is 1. The van der Waals surface area contributed by atoms with Crippen LogP contribution in [0.4, 0.5) is 0 Å². The summed E-state index contributed by atoms with van der Waals surface area (Å²) in [5, 5.41) is 8.91. The van der Waals surface area contributed by atoms with E-state index >= 15 is 0 Å². The number of hydrogen-bond donors (Lipinski definition) is 1. The van der Waals surface area contributed by atoms with Crippen molar-refractivity contribution in [2.24, 2.45) is 11.8 Å². The van der Waals surface area contributed by atoms with E-state index in [1.165, 1.54) is 0 Å². The van der Waals surface area contributed by atoms with Crippen LogP contribution in [0.15, 0.2) is 0 Å². The monoisotopic (exact) mass is 227 g/mol. The van der Waals surface area contributed by atoms with E-state index in [4.69, 9.17) is 5.11 Å². The van der Waals surface area contributed by atoms with Crippen molar-refractivity contribution in [1.29, 1.82) is 0 Å². The molecule has 0 aromatic rings. The highest BCUT2D eigenvalue weighted by Crippen LogP contribution is 2.35. The number of carbonyl (C=O) groups is 2. The summed E-state index contributed by atoms with van der Waals surface area (Å²) in [7, 11) is 0. The average Bonchev–Trinajstić information content (AvgIpc) is 2.16. The van der Waals surface area contributed by atoms with Gasteiger partial charge in [0, 0.05) is 13.1 Å². The summed E-state index contributed by atoms with van der Waals surface area (Å²) >= 11 is 0. The zero-order chi connectivity index (χ0) is 12.1. The van der Waals surface area contributed by atoms with Gasteiger partial charge in [-0.05, 0) is 26.2 Å². The zero-order valence-corrected chi connectivity index (χ0v) is 10.1. The molecule has 1 amide bonds. The van der Waals surface area contributed by atoms with Gasteiger partial charge in [0.15, 0.2) is 0 Å². The number of carboxylic acid groups (broad SMARTS) is 1. The Bertz CT molecular complexity index is 265. The quantitative estimate of drug-likeness (QED) is 0.752. The molecule has 0 aromatic heterocycles. The van der Waals surface area contributed by atoms with Gasteiger partial charge in [-0.15, -0.1) is 0 Å². The maximum absolute atomic E-state index is 12.0. The molecule has 1 aliphatic rings. The van der Waals surface area contributed by atoms with Gasteiger partial charge in [0.05, 0.1) is 11.8 Å². The maximum Gasteiger partial charge on any atom is 0.307 e. The zero-order valence-electron chi connectivity index (χ0n) is 10.1. The lowest BCUT2D eigenvalue weighted by Crippen LogP contribution is -2.46. The summed E-state index contributed by atoms with van der Waals surface area (Å²) in [6.45, 7) is 5.47. The van der Waals surface area contributed by atoms with E-state index in [2.05, 4.69) is 6.92 Å². The van der Waals surface area contributed by atoms with Crippen molar-refractivity contribution in [3.05, 3.63) is 0 Å². The second-order valence-corrected chi connectivity index (χ2v) is 4.40. The van der Waals surface area contributed by atoms with Crippen LogP contribution in [0.1, 0.15) is 39.5 Å². The van der Waals surface area contributed by atoms with Gasteiger partial charge in [-0.2, -0.15) is 0 Å². The summed E-state index contributed by atoms with van der Waals surface area (Å²) in [5.74, 6) is -1.50. The van der Waals surface area contributed by atoms with Crippen LogP contribution in [-0.4, -0.2) is 35.0 Å². The highest BCUT2D eigenvalue weighted by molar-refractivity contribution is 5.86. The second-order valence-electron chi connectivity index (χ2n) is 4.40. The fourth-order valence-corrected chi connectivity index (χ4v) is 2.10. The van der Waals surface area contributed by atoms with E-state index in [-0.39, 0.29) is 11.8 Å². The largest absolute Gasteiger partial charge is 0.481 e. The first kappa shape index (κ1) is 13.0. The van der Waals surface area contributed by atoms with Gasteiger partial charge < -0.3 is 10.0 Å². The molecule has 1 saturated carbocycles. The van der Waals surface area contributed by atoms with Crippen molar-refractivity contribution in [3.63, 3.8) is 0 Å². The summed E-state index contributed by atoms with van der Waals surface area (Å²) in [6, 6.07) is 0. The topological polar surface area (TPSA) is 57.6 Å². The molecule has 16 heavy (non-hydrogen) atoms. The molecule has 1 fully saturated rings. The molecular formula is C12H21NO3. The van der Waals surface area contributed by atoms with Crippen molar-refractivity contribution in [1.82, 2.24) is 4.90 Å². The molecule has 4 nitrogen and oxygen atoms in total. The van der Waals surface area contributed by atoms with Crippen LogP contribution < -0.4 is 0 Å². The fraction of sp³-hybridized carbons (Fsp3) is 0.833. The third kappa shape index (κ3) is 2.74. The molecular weight excluding hydrogens is 206 g/mol. The van der Waals surface area contributed by atoms with Gasteiger partial charge >= 0.3 is 5.97 Å². The normalized spacial score (nSPS) is 23.6. The van der Waals surface area contributed by atoms with Gasteiger partial charge in [0.2, 0.25) is 5.91 Å². The van der Waals surface area contributed by atoms with Crippen molar-refractivity contribution >= 4 is 11.9 Å². The third-order valence-corrected chi connectivity index (χ3v) is 3.38. The van der Waals surface area contributed by atoms with E-state index in [1.54, 1.807) is 4.90 Å². The molecule has 4 heteroatoms. The van der Waals surface area contributed by atoms with E-state index < -0.39 is 11.9 Å². The van der Waals surface area contributed by atoms with Crippen LogP contribution >= 0.6 is 0 Å². The van der Waals surface area contributed by atoms with E-state index in [9.17, 15) is 9.59 Å². The number of hydrogen-bond acceptors (Lipinski definition) is 2. The third-order valence-electron chi connectivity index (χ3n) is 3.38. The highest BCUT2D eigenvalue weighted by Gasteiger charge is 2.42. The fourth-order valence-electron chi connectivity index (χ4n) is 2.10. The Morgan fingerprint density at radius 1 is 1.25 bits per heavy atom. The van der Waals surface area contributed by atoms with Crippen LogP contribution in [0.2, 0.25) is 0 Å². The van der Waals surface area contributed by atoms with Crippen molar-refractivity contribution in [2.75, 3.05) is 13.1 Å². The predicted octanol–water partition coefficient (Wildman–Crippen LogP) is 1.75. The first-order valence-electron chi connectivity index (χ1n) is 6.13. The minimum Gasteiger partial charge on any atom is -0.481 e. The van der Waals surface area contributed by atoms with Gasteiger partial charge in [0.25, 0.3) is 0 Å². The van der Waals surface area contributed by atoms with Crippen LogP contribution in [0, 0.1) is 11.8 Å². The van der Waals surface area contributed by atoms with Gasteiger partial charge in [-0.25, -0.2) is 0 Å². The van der Waals surface area contributed by atoms with E-state index in [0.717, 1.165) is 25.8 Å². The Labute approximate surface area is 96.6 Å². The molecule has 1 N–H and O–H groups in total. The molecule has 0 heterocycles. The predicted molar refractivity (Wildman–Crippen MR) is 61.0 cm³/mol. The molecule has 0 bridgehead atoms. The molecule has 0 radical (unpaired) electrons. The number of carbonyl (C=O) groups excluding carboxylic acids is 1. The lowest BCUT2D eigenvalue weighted by molar-refractivity contribution is -0.156. The summed E-state index contributed by atoms with van der Waals surface area (Å²) in [6.07, 6.45) is 3.43. The Morgan fingerprint density at radius 2 is 1.88 bits per heavy atom. The molecule has 0 aliphatic heterocycles. The summed E-state index contributed by atoms with van der Waals surface area (Å²) in [5.41, 5.74) is 0. The Morgan fingerprint density at radius 3 is 2.25 bits per heavy atom. The van der Waals surface area contributed by atoms with Crippen LogP contribution in [0.3, 0.4) is 0 Å². The minimum atomic E-state index is -0.823. The molecule has 2 unspecified atom stereocenters. The molecule has 0 aromatic carbocycles. The van der Waals surface area contributed by atoms with Crippen molar-refractivity contribution in [3.8, 4) is 0 Å². The number of rotatable bonds is 6. The summed E-state index contributed by atoms with van der Waals surface area (Å²) < 4.78 is 0. The van der Waals surface area contributed by atoms with Gasteiger partial charge in [0.1, 0.15) is 0 Å². The van der Waals surface area contributed by atoms with Gasteiger partial charge in [-0.3, -0.25) is 9.59 Å². The first-order chi connectivity index (χ1) is 7.61. The van der Waals surface area contributed by atoms with Crippen molar-refractivity contribution in [2.45, 2.75) is 39.5 Å². The standard InChI is InChI=1S/C12H21NO3/c1-3-5-8-13(4-2)11(14)9-6-7-10(9)12(15)16/h9-10H,3-8H2,1-2H3,(H,15,16). The molecule has 1 aliphatic carbocycles. The Kier molecular flexibility index (Phi) is 4.77. The lowest BCUT2D eigenvalue weighted by Gasteiger charge is -2.36. The Hall–Kier alpha value is -1.06. The van der Waals surface area contributed by atoms with Crippen LogP contribution in [0.25, 0.3) is 0 Å². The molecule has 0 saturated heterocycles. The first-order valence-corrected chi connectivity index (χ1v) is 6.13. The molecule has 92 valence electrons. The average molecular weight is 227 g/mol. The second kappa shape index (κ2) is 5.87. The van der Waals surface area contributed by atoms with E-state index in [1.807, 2.05) is 6.92 Å². The number of nitrogens with zero attached hydrogens (tertiary/aromatic N) is 1. The molecule has 0 spiro atoms. The Balaban J connectivity index is 2.51.